The van der Waals surface area contributed by atoms with Gasteiger partial charge in [0.05, 0.1) is 31.5 Å². The minimum atomic E-state index is -0.471. The minimum Gasteiger partial charge on any atom is -0.489 e. The molecule has 0 atom stereocenters. The molecule has 0 unspecified atom stereocenters. The number of carbonyl (C=O) groups excluding carboxylic acids is 2. The zero-order chi connectivity index (χ0) is 24.6. The Kier molecular flexibility index (Phi) is 7.70. The molecular weight excluding hydrogens is 442 g/mol. The summed E-state index contributed by atoms with van der Waals surface area (Å²) in [5.74, 6) is -0.165. The van der Waals surface area contributed by atoms with E-state index < -0.39 is 5.91 Å². The SMILES string of the molecule is NC(=O)Cc1c(OCCNC(=O)Cc2ccccc2CO)c(-c2ccccc2)nc2ccccc12. The van der Waals surface area contributed by atoms with Crippen molar-refractivity contribution in [2.45, 2.75) is 19.4 Å². The van der Waals surface area contributed by atoms with Crippen molar-refractivity contribution in [3.05, 3.63) is 95.6 Å². The van der Waals surface area contributed by atoms with Crippen molar-refractivity contribution in [1.82, 2.24) is 10.3 Å². The average Bonchev–Trinajstić information content (AvgIpc) is 2.87. The van der Waals surface area contributed by atoms with E-state index in [1.165, 1.54) is 0 Å². The highest BCUT2D eigenvalue weighted by Crippen LogP contribution is 2.36. The quantitative estimate of drug-likeness (QED) is 0.309. The maximum absolute atomic E-state index is 12.4. The number of rotatable bonds is 10. The summed E-state index contributed by atoms with van der Waals surface area (Å²) >= 11 is 0. The van der Waals surface area contributed by atoms with Gasteiger partial charge in [-0.25, -0.2) is 4.98 Å². The highest BCUT2D eigenvalue weighted by Gasteiger charge is 2.19. The number of ether oxygens (including phenoxy) is 1. The molecule has 1 aromatic heterocycles. The minimum absolute atomic E-state index is 0.00248. The van der Waals surface area contributed by atoms with Crippen molar-refractivity contribution in [1.29, 1.82) is 0 Å². The Bertz CT molecular complexity index is 1340. The van der Waals surface area contributed by atoms with E-state index in [9.17, 15) is 14.7 Å². The summed E-state index contributed by atoms with van der Waals surface area (Å²) in [6, 6.07) is 24.4. The largest absolute Gasteiger partial charge is 0.489 e. The highest BCUT2D eigenvalue weighted by atomic mass is 16.5. The number of hydrogen-bond acceptors (Lipinski definition) is 5. The molecule has 7 nitrogen and oxygen atoms in total. The van der Waals surface area contributed by atoms with Gasteiger partial charge in [0.15, 0.2) is 0 Å². The van der Waals surface area contributed by atoms with Gasteiger partial charge in [-0.1, -0.05) is 72.8 Å². The van der Waals surface area contributed by atoms with Crippen molar-refractivity contribution in [3.63, 3.8) is 0 Å². The van der Waals surface area contributed by atoms with E-state index in [0.29, 0.717) is 17.0 Å². The summed E-state index contributed by atoms with van der Waals surface area (Å²) in [6.07, 6.45) is 0.166. The molecule has 7 heteroatoms. The van der Waals surface area contributed by atoms with Crippen molar-refractivity contribution in [3.8, 4) is 17.0 Å². The molecule has 0 saturated heterocycles. The van der Waals surface area contributed by atoms with Gasteiger partial charge in [-0.2, -0.15) is 0 Å². The number of amides is 2. The van der Waals surface area contributed by atoms with Gasteiger partial charge < -0.3 is 20.9 Å². The summed E-state index contributed by atoms with van der Waals surface area (Å²) < 4.78 is 6.15. The number of nitrogens with two attached hydrogens (primary N) is 1. The Balaban J connectivity index is 1.55. The molecule has 178 valence electrons. The van der Waals surface area contributed by atoms with Crippen molar-refractivity contribution >= 4 is 22.7 Å². The predicted molar refractivity (Wildman–Crippen MR) is 135 cm³/mol. The number of carbonyl (C=O) groups is 2. The monoisotopic (exact) mass is 469 g/mol. The van der Waals surface area contributed by atoms with Crippen LogP contribution in [0.5, 0.6) is 5.75 Å². The fourth-order valence-corrected chi connectivity index (χ4v) is 4.02. The maximum Gasteiger partial charge on any atom is 0.224 e. The first-order valence-electron chi connectivity index (χ1n) is 11.4. The molecule has 0 saturated carbocycles. The van der Waals surface area contributed by atoms with Crippen LogP contribution in [-0.4, -0.2) is 35.1 Å². The van der Waals surface area contributed by atoms with E-state index in [-0.39, 0.29) is 38.5 Å². The Labute approximate surface area is 203 Å². The molecule has 1 heterocycles. The van der Waals surface area contributed by atoms with Crippen LogP contribution in [0.4, 0.5) is 0 Å². The number of para-hydroxylation sites is 1. The van der Waals surface area contributed by atoms with E-state index >= 15 is 0 Å². The van der Waals surface area contributed by atoms with Gasteiger partial charge >= 0.3 is 0 Å². The smallest absolute Gasteiger partial charge is 0.224 e. The number of pyridine rings is 1. The topological polar surface area (TPSA) is 115 Å². The number of primary amides is 1. The summed E-state index contributed by atoms with van der Waals surface area (Å²) in [4.78, 5) is 29.2. The lowest BCUT2D eigenvalue weighted by molar-refractivity contribution is -0.120. The van der Waals surface area contributed by atoms with Gasteiger partial charge in [0.1, 0.15) is 18.1 Å². The second-order valence-electron chi connectivity index (χ2n) is 8.10. The number of nitrogens with zero attached hydrogens (tertiary/aromatic N) is 1. The molecule has 4 aromatic rings. The summed E-state index contributed by atoms with van der Waals surface area (Å²) in [6.45, 7) is 0.322. The van der Waals surface area contributed by atoms with E-state index in [1.54, 1.807) is 6.07 Å². The van der Waals surface area contributed by atoms with Crippen molar-refractivity contribution < 1.29 is 19.4 Å². The van der Waals surface area contributed by atoms with E-state index in [2.05, 4.69) is 5.32 Å². The number of hydrogen-bond donors (Lipinski definition) is 3. The second kappa shape index (κ2) is 11.3. The van der Waals surface area contributed by atoms with Gasteiger partial charge in [0, 0.05) is 16.5 Å². The standard InChI is InChI=1S/C28H27N3O4/c29-25(33)17-23-22-12-6-7-13-24(22)31-27(19-8-2-1-3-9-19)28(23)35-15-14-30-26(34)16-20-10-4-5-11-21(20)18-32/h1-13,32H,14-18H2,(H2,29,33)(H,30,34). The molecule has 3 aromatic carbocycles. The molecule has 0 aliphatic heterocycles. The van der Waals surface area contributed by atoms with Crippen LogP contribution in [0.2, 0.25) is 0 Å². The molecule has 4 rings (SSSR count). The van der Waals surface area contributed by atoms with Crippen LogP contribution in [0.15, 0.2) is 78.9 Å². The van der Waals surface area contributed by atoms with Gasteiger partial charge in [0.25, 0.3) is 0 Å². The van der Waals surface area contributed by atoms with Crippen LogP contribution in [0.25, 0.3) is 22.2 Å². The third kappa shape index (κ3) is 5.83. The lowest BCUT2D eigenvalue weighted by Gasteiger charge is -2.18. The Hall–Kier alpha value is -4.23. The number of benzene rings is 3. The first-order chi connectivity index (χ1) is 17.1. The zero-order valence-corrected chi connectivity index (χ0v) is 19.2. The molecule has 0 fully saturated rings. The van der Waals surface area contributed by atoms with Crippen molar-refractivity contribution in [2.75, 3.05) is 13.2 Å². The third-order valence-electron chi connectivity index (χ3n) is 5.66. The van der Waals surface area contributed by atoms with Crippen LogP contribution in [0, 0.1) is 0 Å². The van der Waals surface area contributed by atoms with Gasteiger partial charge in [-0.3, -0.25) is 9.59 Å². The maximum atomic E-state index is 12.4. The summed E-state index contributed by atoms with van der Waals surface area (Å²) in [7, 11) is 0. The number of aliphatic hydroxyl groups is 1. The van der Waals surface area contributed by atoms with Crippen LogP contribution >= 0.6 is 0 Å². The van der Waals surface area contributed by atoms with Gasteiger partial charge in [0.2, 0.25) is 11.8 Å². The van der Waals surface area contributed by atoms with Gasteiger partial charge in [-0.05, 0) is 17.2 Å². The lowest BCUT2D eigenvalue weighted by Crippen LogP contribution is -2.30. The fraction of sp³-hybridized carbons (Fsp3) is 0.179. The zero-order valence-electron chi connectivity index (χ0n) is 19.2. The molecule has 0 aliphatic rings. The fourth-order valence-electron chi connectivity index (χ4n) is 4.02. The Morgan fingerprint density at radius 2 is 1.57 bits per heavy atom. The second-order valence-corrected chi connectivity index (χ2v) is 8.10. The first kappa shape index (κ1) is 23.9. The Morgan fingerprint density at radius 1 is 0.886 bits per heavy atom. The predicted octanol–water partition coefficient (Wildman–Crippen LogP) is 3.16. The Morgan fingerprint density at radius 3 is 2.31 bits per heavy atom. The molecule has 35 heavy (non-hydrogen) atoms. The molecule has 0 spiro atoms. The molecule has 0 radical (unpaired) electrons. The molecule has 0 bridgehead atoms. The highest BCUT2D eigenvalue weighted by molar-refractivity contribution is 5.93. The normalized spacial score (nSPS) is 10.8. The summed E-state index contributed by atoms with van der Waals surface area (Å²) in [5, 5.41) is 13.1. The number of fused-ring (bicyclic) bond motifs is 1. The molecule has 4 N–H and O–H groups in total. The number of aliphatic hydroxyl groups excluding tert-OH is 1. The summed E-state index contributed by atoms with van der Waals surface area (Å²) in [5.41, 5.74) is 9.96. The molecular formula is C28H27N3O4. The van der Waals surface area contributed by atoms with Gasteiger partial charge in [-0.15, -0.1) is 0 Å². The first-order valence-corrected chi connectivity index (χ1v) is 11.4. The number of nitrogens with one attached hydrogen (secondary N) is 1. The van der Waals surface area contributed by atoms with E-state index in [0.717, 1.165) is 27.6 Å². The lowest BCUT2D eigenvalue weighted by atomic mass is 10.00. The number of aromatic nitrogens is 1. The van der Waals surface area contributed by atoms with Crippen molar-refractivity contribution in [2.24, 2.45) is 5.73 Å². The van der Waals surface area contributed by atoms with Crippen LogP contribution < -0.4 is 15.8 Å². The van der Waals surface area contributed by atoms with Crippen LogP contribution in [0.1, 0.15) is 16.7 Å². The molecule has 0 aliphatic carbocycles. The van der Waals surface area contributed by atoms with Crippen LogP contribution in [0.3, 0.4) is 0 Å². The van der Waals surface area contributed by atoms with E-state index in [1.807, 2.05) is 72.8 Å². The van der Waals surface area contributed by atoms with Crippen LogP contribution in [-0.2, 0) is 29.0 Å². The average molecular weight is 470 g/mol. The van der Waals surface area contributed by atoms with E-state index in [4.69, 9.17) is 15.5 Å². The molecule has 2 amide bonds. The third-order valence-corrected chi connectivity index (χ3v) is 5.66.